The normalized spacial score (nSPS) is 11.9. The Morgan fingerprint density at radius 3 is 2.56 bits per heavy atom. The highest BCUT2D eigenvalue weighted by molar-refractivity contribution is 5.46. The number of nitrogen functional groups attached to an aromatic ring is 1. The Morgan fingerprint density at radius 2 is 2.06 bits per heavy atom. The first-order valence-electron chi connectivity index (χ1n) is 5.37. The Bertz CT molecular complexity index is 363. The highest BCUT2D eigenvalue weighted by atomic mass is 16.3. The van der Waals surface area contributed by atoms with Crippen LogP contribution in [0.3, 0.4) is 0 Å². The molecule has 5 heteroatoms. The molecule has 0 spiro atoms. The Morgan fingerprint density at radius 1 is 1.44 bits per heavy atom. The minimum absolute atomic E-state index is 0.0217. The number of hydrogen-bond donors (Lipinski definition) is 3. The SMILES string of the molecule is CC(C)c1nc(N)cc(NC(C)(C)CO)n1. The number of hydrogen-bond acceptors (Lipinski definition) is 5. The first-order chi connectivity index (χ1) is 7.34. The van der Waals surface area contributed by atoms with Gasteiger partial charge in [0.1, 0.15) is 17.5 Å². The van der Waals surface area contributed by atoms with Gasteiger partial charge in [0.25, 0.3) is 0 Å². The van der Waals surface area contributed by atoms with Gasteiger partial charge in [-0.2, -0.15) is 0 Å². The monoisotopic (exact) mass is 224 g/mol. The van der Waals surface area contributed by atoms with Gasteiger partial charge in [-0.3, -0.25) is 0 Å². The summed E-state index contributed by atoms with van der Waals surface area (Å²) in [5.74, 6) is 2.02. The second-order valence-electron chi connectivity index (χ2n) is 4.86. The lowest BCUT2D eigenvalue weighted by atomic mass is 10.1. The lowest BCUT2D eigenvalue weighted by Crippen LogP contribution is -2.35. The zero-order valence-corrected chi connectivity index (χ0v) is 10.3. The Hall–Kier alpha value is -1.36. The maximum absolute atomic E-state index is 9.17. The fraction of sp³-hybridized carbons (Fsp3) is 0.636. The van der Waals surface area contributed by atoms with E-state index in [2.05, 4.69) is 15.3 Å². The molecule has 1 rings (SSSR count). The van der Waals surface area contributed by atoms with Gasteiger partial charge in [0.2, 0.25) is 0 Å². The number of nitrogens with one attached hydrogen (secondary N) is 1. The summed E-state index contributed by atoms with van der Waals surface area (Å²) >= 11 is 0. The van der Waals surface area contributed by atoms with Crippen LogP contribution >= 0.6 is 0 Å². The van der Waals surface area contributed by atoms with E-state index in [0.29, 0.717) is 17.5 Å². The number of nitrogens with zero attached hydrogens (tertiary/aromatic N) is 2. The average Bonchev–Trinajstić information content (AvgIpc) is 2.16. The second-order valence-corrected chi connectivity index (χ2v) is 4.86. The lowest BCUT2D eigenvalue weighted by molar-refractivity contribution is 0.234. The summed E-state index contributed by atoms with van der Waals surface area (Å²) in [6.07, 6.45) is 0. The molecule has 1 aromatic rings. The van der Waals surface area contributed by atoms with Crippen molar-refractivity contribution in [3.05, 3.63) is 11.9 Å². The third-order valence-electron chi connectivity index (χ3n) is 2.14. The molecule has 0 aromatic carbocycles. The quantitative estimate of drug-likeness (QED) is 0.719. The second kappa shape index (κ2) is 4.65. The molecule has 16 heavy (non-hydrogen) atoms. The zero-order valence-electron chi connectivity index (χ0n) is 10.3. The van der Waals surface area contributed by atoms with Gasteiger partial charge in [0.05, 0.1) is 12.1 Å². The van der Waals surface area contributed by atoms with Gasteiger partial charge < -0.3 is 16.2 Å². The van der Waals surface area contributed by atoms with E-state index < -0.39 is 5.54 Å². The van der Waals surface area contributed by atoms with Crippen molar-refractivity contribution in [2.24, 2.45) is 0 Å². The number of rotatable bonds is 4. The molecule has 0 aliphatic carbocycles. The fourth-order valence-electron chi connectivity index (χ4n) is 1.19. The topological polar surface area (TPSA) is 84.1 Å². The van der Waals surface area contributed by atoms with E-state index in [9.17, 15) is 0 Å². The van der Waals surface area contributed by atoms with Crippen LogP contribution in [0.1, 0.15) is 39.4 Å². The molecule has 1 heterocycles. The van der Waals surface area contributed by atoms with Crippen LogP contribution in [0.5, 0.6) is 0 Å². The molecule has 0 bridgehead atoms. The van der Waals surface area contributed by atoms with Crippen molar-refractivity contribution in [2.75, 3.05) is 17.7 Å². The van der Waals surface area contributed by atoms with Crippen LogP contribution in [-0.4, -0.2) is 27.2 Å². The molecule has 0 fully saturated rings. The van der Waals surface area contributed by atoms with Gasteiger partial charge in [0.15, 0.2) is 0 Å². The first kappa shape index (κ1) is 12.7. The minimum atomic E-state index is -0.422. The van der Waals surface area contributed by atoms with E-state index in [4.69, 9.17) is 10.8 Å². The van der Waals surface area contributed by atoms with Gasteiger partial charge in [0, 0.05) is 12.0 Å². The molecular formula is C11H20N4O. The highest BCUT2D eigenvalue weighted by Gasteiger charge is 2.17. The van der Waals surface area contributed by atoms with Crippen LogP contribution < -0.4 is 11.1 Å². The molecule has 1 aromatic heterocycles. The number of aromatic nitrogens is 2. The summed E-state index contributed by atoms with van der Waals surface area (Å²) < 4.78 is 0. The van der Waals surface area contributed by atoms with Crippen molar-refractivity contribution in [1.29, 1.82) is 0 Å². The van der Waals surface area contributed by atoms with Gasteiger partial charge >= 0.3 is 0 Å². The third kappa shape index (κ3) is 3.34. The number of nitrogens with two attached hydrogens (primary N) is 1. The maximum Gasteiger partial charge on any atom is 0.135 e. The number of aliphatic hydroxyl groups excluding tert-OH is 1. The standard InChI is InChI=1S/C11H20N4O/c1-7(2)10-13-8(12)5-9(14-10)15-11(3,4)6-16/h5,7,16H,6H2,1-4H3,(H3,12,13,14,15). The summed E-state index contributed by atoms with van der Waals surface area (Å²) in [7, 11) is 0. The fourth-order valence-corrected chi connectivity index (χ4v) is 1.19. The molecule has 0 saturated carbocycles. The van der Waals surface area contributed by atoms with E-state index in [1.807, 2.05) is 27.7 Å². The van der Waals surface area contributed by atoms with Gasteiger partial charge in [-0.15, -0.1) is 0 Å². The van der Waals surface area contributed by atoms with Gasteiger partial charge in [-0.25, -0.2) is 9.97 Å². The Labute approximate surface area is 96.1 Å². The number of aliphatic hydroxyl groups is 1. The molecule has 5 nitrogen and oxygen atoms in total. The van der Waals surface area contributed by atoms with E-state index in [-0.39, 0.29) is 12.5 Å². The van der Waals surface area contributed by atoms with Crippen LogP contribution in [0.2, 0.25) is 0 Å². The largest absolute Gasteiger partial charge is 0.394 e. The molecule has 0 saturated heterocycles. The average molecular weight is 224 g/mol. The third-order valence-corrected chi connectivity index (χ3v) is 2.14. The Kier molecular flexibility index (Phi) is 3.70. The van der Waals surface area contributed by atoms with Crippen LogP contribution in [-0.2, 0) is 0 Å². The molecule has 0 aliphatic heterocycles. The molecule has 90 valence electrons. The molecule has 0 atom stereocenters. The van der Waals surface area contributed by atoms with Crippen LogP contribution in [0.4, 0.5) is 11.6 Å². The molecular weight excluding hydrogens is 204 g/mol. The summed E-state index contributed by atoms with van der Waals surface area (Å²) in [6, 6.07) is 1.67. The van der Waals surface area contributed by atoms with Crippen molar-refractivity contribution < 1.29 is 5.11 Å². The van der Waals surface area contributed by atoms with E-state index in [0.717, 1.165) is 0 Å². The summed E-state index contributed by atoms with van der Waals surface area (Å²) in [5.41, 5.74) is 5.28. The zero-order chi connectivity index (χ0) is 12.3. The van der Waals surface area contributed by atoms with Crippen molar-refractivity contribution in [1.82, 2.24) is 9.97 Å². The summed E-state index contributed by atoms with van der Waals surface area (Å²) in [4.78, 5) is 8.51. The van der Waals surface area contributed by atoms with Crippen LogP contribution in [0.25, 0.3) is 0 Å². The highest BCUT2D eigenvalue weighted by Crippen LogP contribution is 2.18. The first-order valence-corrected chi connectivity index (χ1v) is 5.37. The van der Waals surface area contributed by atoms with Crippen LogP contribution in [0, 0.1) is 0 Å². The van der Waals surface area contributed by atoms with Crippen molar-refractivity contribution in [3.8, 4) is 0 Å². The van der Waals surface area contributed by atoms with Crippen LogP contribution in [0.15, 0.2) is 6.07 Å². The van der Waals surface area contributed by atoms with E-state index in [1.54, 1.807) is 6.07 Å². The van der Waals surface area contributed by atoms with E-state index >= 15 is 0 Å². The maximum atomic E-state index is 9.17. The molecule has 0 amide bonds. The van der Waals surface area contributed by atoms with Crippen molar-refractivity contribution in [3.63, 3.8) is 0 Å². The molecule has 4 N–H and O–H groups in total. The Balaban J connectivity index is 2.97. The van der Waals surface area contributed by atoms with E-state index in [1.165, 1.54) is 0 Å². The predicted molar refractivity (Wildman–Crippen MR) is 65.3 cm³/mol. The smallest absolute Gasteiger partial charge is 0.135 e. The summed E-state index contributed by atoms with van der Waals surface area (Å²) in [5, 5.41) is 12.3. The minimum Gasteiger partial charge on any atom is -0.394 e. The predicted octanol–water partition coefficient (Wildman–Crippen LogP) is 1.36. The van der Waals surface area contributed by atoms with Gasteiger partial charge in [-0.1, -0.05) is 13.8 Å². The number of anilines is 2. The summed E-state index contributed by atoms with van der Waals surface area (Å²) in [6.45, 7) is 7.82. The molecule has 0 radical (unpaired) electrons. The van der Waals surface area contributed by atoms with Crippen molar-refractivity contribution in [2.45, 2.75) is 39.2 Å². The molecule has 0 aliphatic rings. The lowest BCUT2D eigenvalue weighted by Gasteiger charge is -2.24. The molecule has 0 unspecified atom stereocenters. The van der Waals surface area contributed by atoms with Gasteiger partial charge in [-0.05, 0) is 13.8 Å². The van der Waals surface area contributed by atoms with Crippen molar-refractivity contribution >= 4 is 11.6 Å².